The fourth-order valence-corrected chi connectivity index (χ4v) is 5.71. The van der Waals surface area contributed by atoms with Gasteiger partial charge in [-0.1, -0.05) is 54.6 Å². The molecule has 0 radical (unpaired) electrons. The van der Waals surface area contributed by atoms with Crippen molar-refractivity contribution in [2.75, 3.05) is 18.0 Å². The molecule has 0 aromatic heterocycles. The van der Waals surface area contributed by atoms with Gasteiger partial charge in [0, 0.05) is 30.1 Å². The Bertz CT molecular complexity index is 1140. The van der Waals surface area contributed by atoms with Crippen LogP contribution in [0.4, 0.5) is 5.69 Å². The van der Waals surface area contributed by atoms with Crippen molar-refractivity contribution in [3.05, 3.63) is 72.8 Å². The van der Waals surface area contributed by atoms with E-state index in [1.807, 2.05) is 48.5 Å². The molecule has 1 aliphatic heterocycles. The molecule has 0 bridgehead atoms. The summed E-state index contributed by atoms with van der Waals surface area (Å²) in [6.07, 6.45) is 1.59. The Morgan fingerprint density at radius 1 is 1.00 bits per heavy atom. The monoisotopic (exact) mass is 423 g/mol. The minimum atomic E-state index is -3.93. The number of primary amides is 1. The molecule has 1 fully saturated rings. The third-order valence-corrected chi connectivity index (χ3v) is 7.18. The van der Waals surface area contributed by atoms with Crippen molar-refractivity contribution in [3.63, 3.8) is 0 Å². The van der Waals surface area contributed by atoms with Gasteiger partial charge in [-0.15, -0.1) is 0 Å². The van der Waals surface area contributed by atoms with Gasteiger partial charge in [0.25, 0.3) is 0 Å². The molecule has 3 aromatic rings. The smallest absolute Gasteiger partial charge is 0.241 e. The summed E-state index contributed by atoms with van der Waals surface area (Å²) in [5, 5.41) is 1.44. The van der Waals surface area contributed by atoms with Gasteiger partial charge in [0.05, 0.1) is 4.90 Å². The molecule has 0 saturated carbocycles. The van der Waals surface area contributed by atoms with Crippen LogP contribution in [0.15, 0.2) is 77.7 Å². The maximum absolute atomic E-state index is 13.2. The second kappa shape index (κ2) is 8.45. The molecular weight excluding hydrogens is 398 g/mol. The topological polar surface area (TPSA) is 92.5 Å². The number of amides is 1. The minimum Gasteiger partial charge on any atom is -0.371 e. The van der Waals surface area contributed by atoms with Gasteiger partial charge in [-0.3, -0.25) is 4.79 Å². The van der Waals surface area contributed by atoms with E-state index in [2.05, 4.69) is 9.62 Å². The summed E-state index contributed by atoms with van der Waals surface area (Å²) in [6, 6.07) is 21.3. The van der Waals surface area contributed by atoms with E-state index in [1.54, 1.807) is 24.3 Å². The van der Waals surface area contributed by atoms with E-state index < -0.39 is 22.0 Å². The van der Waals surface area contributed by atoms with Crippen molar-refractivity contribution in [3.8, 4) is 0 Å². The second-order valence-corrected chi connectivity index (χ2v) is 9.34. The second-order valence-electron chi connectivity index (χ2n) is 7.66. The van der Waals surface area contributed by atoms with E-state index in [4.69, 9.17) is 5.73 Å². The molecule has 1 saturated heterocycles. The van der Waals surface area contributed by atoms with Crippen LogP contribution in [0.3, 0.4) is 0 Å². The van der Waals surface area contributed by atoms with Crippen molar-refractivity contribution < 1.29 is 13.2 Å². The number of carbonyl (C=O) groups is 1. The molecule has 1 amide bonds. The van der Waals surface area contributed by atoms with Crippen LogP contribution >= 0.6 is 0 Å². The maximum Gasteiger partial charge on any atom is 0.241 e. The number of nitrogens with zero attached hydrogens (tertiary/aromatic N) is 1. The summed E-state index contributed by atoms with van der Waals surface area (Å²) in [5.74, 6) is -0.861. The van der Waals surface area contributed by atoms with Crippen LogP contribution in [0.1, 0.15) is 12.8 Å². The van der Waals surface area contributed by atoms with Crippen LogP contribution in [-0.2, 0) is 14.8 Å². The van der Waals surface area contributed by atoms with Crippen LogP contribution in [0.5, 0.6) is 0 Å². The number of sulfonamides is 1. The number of hydrogen-bond acceptors (Lipinski definition) is 4. The van der Waals surface area contributed by atoms with Crippen molar-refractivity contribution in [1.82, 2.24) is 4.72 Å². The van der Waals surface area contributed by atoms with Gasteiger partial charge in [-0.2, -0.15) is 4.72 Å². The molecule has 3 aromatic carbocycles. The Morgan fingerprint density at radius 2 is 1.70 bits per heavy atom. The van der Waals surface area contributed by atoms with E-state index in [-0.39, 0.29) is 10.8 Å². The largest absolute Gasteiger partial charge is 0.371 e. The molecule has 7 heteroatoms. The normalized spacial score (nSPS) is 18.3. The Balaban J connectivity index is 1.61. The summed E-state index contributed by atoms with van der Waals surface area (Å²) in [5.41, 5.74) is 6.72. The van der Waals surface area contributed by atoms with Crippen molar-refractivity contribution in [2.45, 2.75) is 23.8 Å². The standard InChI is InChI=1S/C23H25N3O3S/c24-23(27)22(18-10-7-15-26(16-18)19-11-2-1-3-12-19)25-30(28,29)21-14-6-9-17-8-4-5-13-20(17)21/h1-6,8-9,11-14,18,22,25H,7,10,15-16H2,(H2,24,27). The predicted octanol–water partition coefficient (Wildman–Crippen LogP) is 2.89. The van der Waals surface area contributed by atoms with E-state index >= 15 is 0 Å². The lowest BCUT2D eigenvalue weighted by Gasteiger charge is -2.37. The van der Waals surface area contributed by atoms with Crippen LogP contribution in [0, 0.1) is 5.92 Å². The van der Waals surface area contributed by atoms with Gasteiger partial charge in [-0.25, -0.2) is 8.42 Å². The zero-order valence-electron chi connectivity index (χ0n) is 16.6. The van der Waals surface area contributed by atoms with Crippen LogP contribution in [-0.4, -0.2) is 33.5 Å². The van der Waals surface area contributed by atoms with E-state index in [9.17, 15) is 13.2 Å². The molecule has 0 spiro atoms. The van der Waals surface area contributed by atoms with Gasteiger partial charge in [0.15, 0.2) is 0 Å². The quantitative estimate of drug-likeness (QED) is 0.638. The highest BCUT2D eigenvalue weighted by molar-refractivity contribution is 7.89. The zero-order chi connectivity index (χ0) is 21.1. The van der Waals surface area contributed by atoms with E-state index in [1.165, 1.54) is 0 Å². The first-order valence-electron chi connectivity index (χ1n) is 10.0. The van der Waals surface area contributed by atoms with Gasteiger partial charge in [-0.05, 0) is 36.4 Å². The summed E-state index contributed by atoms with van der Waals surface area (Å²) in [6.45, 7) is 1.43. The lowest BCUT2D eigenvalue weighted by molar-refractivity contribution is -0.120. The Hall–Kier alpha value is -2.90. The molecule has 2 atom stereocenters. The fraction of sp³-hybridized carbons (Fsp3) is 0.261. The SMILES string of the molecule is NC(=O)C(NS(=O)(=O)c1cccc2ccccc12)C1CCCN(c2ccccc2)C1. The van der Waals surface area contributed by atoms with Crippen LogP contribution in [0.2, 0.25) is 0 Å². The molecule has 2 unspecified atom stereocenters. The Kier molecular flexibility index (Phi) is 5.74. The molecule has 156 valence electrons. The Morgan fingerprint density at radius 3 is 2.47 bits per heavy atom. The first kappa shape index (κ1) is 20.4. The first-order chi connectivity index (χ1) is 14.5. The highest BCUT2D eigenvalue weighted by Gasteiger charge is 2.34. The number of nitrogens with one attached hydrogen (secondary N) is 1. The molecule has 1 aliphatic rings. The van der Waals surface area contributed by atoms with E-state index in [0.29, 0.717) is 11.9 Å². The number of hydrogen-bond donors (Lipinski definition) is 2. The number of rotatable bonds is 6. The average Bonchev–Trinajstić information content (AvgIpc) is 2.77. The molecule has 1 heterocycles. The average molecular weight is 424 g/mol. The molecule has 4 rings (SSSR count). The highest BCUT2D eigenvalue weighted by Crippen LogP contribution is 2.27. The number of para-hydroxylation sites is 1. The third-order valence-electron chi connectivity index (χ3n) is 5.68. The minimum absolute atomic E-state index is 0.155. The number of piperidine rings is 1. The van der Waals surface area contributed by atoms with Crippen LogP contribution < -0.4 is 15.4 Å². The van der Waals surface area contributed by atoms with Gasteiger partial charge >= 0.3 is 0 Å². The van der Waals surface area contributed by atoms with Crippen molar-refractivity contribution >= 4 is 32.4 Å². The summed E-state index contributed by atoms with van der Waals surface area (Å²) in [4.78, 5) is 14.6. The third kappa shape index (κ3) is 4.17. The predicted molar refractivity (Wildman–Crippen MR) is 119 cm³/mol. The first-order valence-corrected chi connectivity index (χ1v) is 11.5. The maximum atomic E-state index is 13.2. The number of nitrogens with two attached hydrogens (primary N) is 1. The van der Waals surface area contributed by atoms with Crippen LogP contribution in [0.25, 0.3) is 10.8 Å². The molecular formula is C23H25N3O3S. The van der Waals surface area contributed by atoms with Gasteiger partial charge in [0.2, 0.25) is 15.9 Å². The summed E-state index contributed by atoms with van der Waals surface area (Å²) < 4.78 is 29.1. The number of anilines is 1. The Labute approximate surface area is 176 Å². The number of carbonyl (C=O) groups excluding carboxylic acids is 1. The van der Waals surface area contributed by atoms with Crippen molar-refractivity contribution in [1.29, 1.82) is 0 Å². The number of fused-ring (bicyclic) bond motifs is 1. The van der Waals surface area contributed by atoms with Crippen molar-refractivity contribution in [2.24, 2.45) is 11.7 Å². The van der Waals surface area contributed by atoms with E-state index in [0.717, 1.165) is 30.5 Å². The lowest BCUT2D eigenvalue weighted by Crippen LogP contribution is -2.53. The molecule has 30 heavy (non-hydrogen) atoms. The zero-order valence-corrected chi connectivity index (χ0v) is 17.4. The fourth-order valence-electron chi connectivity index (χ4n) is 4.20. The lowest BCUT2D eigenvalue weighted by atomic mass is 9.90. The summed E-state index contributed by atoms with van der Waals surface area (Å²) >= 11 is 0. The summed E-state index contributed by atoms with van der Waals surface area (Å²) in [7, 11) is -3.93. The molecule has 0 aliphatic carbocycles. The van der Waals surface area contributed by atoms with Gasteiger partial charge < -0.3 is 10.6 Å². The molecule has 3 N–H and O–H groups in total. The number of benzene rings is 3. The highest BCUT2D eigenvalue weighted by atomic mass is 32.2. The molecule has 6 nitrogen and oxygen atoms in total. The van der Waals surface area contributed by atoms with Gasteiger partial charge in [0.1, 0.15) is 6.04 Å².